The van der Waals surface area contributed by atoms with Crippen LogP contribution in [-0.4, -0.2) is 0 Å². The van der Waals surface area contributed by atoms with Gasteiger partial charge < -0.3 is 5.73 Å². The summed E-state index contributed by atoms with van der Waals surface area (Å²) in [7, 11) is 0. The molecular weight excluding hydrogens is 270 g/mol. The molecule has 0 spiro atoms. The largest absolute Gasteiger partial charge is 0.319 e. The summed E-state index contributed by atoms with van der Waals surface area (Å²) >= 11 is 9.67. The molecule has 0 aromatic carbocycles. The zero-order chi connectivity index (χ0) is 11.8. The Morgan fingerprint density at radius 3 is 2.82 bits per heavy atom. The topological polar surface area (TPSA) is 26.0 Å². The first kappa shape index (κ1) is 11.7. The van der Waals surface area contributed by atoms with Crippen molar-refractivity contribution in [3.05, 3.63) is 42.7 Å². The van der Waals surface area contributed by atoms with Crippen molar-refractivity contribution >= 4 is 34.3 Å². The summed E-state index contributed by atoms with van der Waals surface area (Å²) in [5, 5.41) is 2.80. The smallest absolute Gasteiger partial charge is 0.0755 e. The second-order valence-electron chi connectivity index (χ2n) is 4.41. The maximum Gasteiger partial charge on any atom is 0.0755 e. The van der Waals surface area contributed by atoms with Crippen LogP contribution < -0.4 is 5.73 Å². The molecule has 2 aromatic heterocycles. The van der Waals surface area contributed by atoms with Gasteiger partial charge in [-0.05, 0) is 48.8 Å². The lowest BCUT2D eigenvalue weighted by Gasteiger charge is -2.08. The highest BCUT2D eigenvalue weighted by Crippen LogP contribution is 2.37. The minimum Gasteiger partial charge on any atom is -0.319 e. The fourth-order valence-corrected chi connectivity index (χ4v) is 4.86. The van der Waals surface area contributed by atoms with Gasteiger partial charge >= 0.3 is 0 Å². The van der Waals surface area contributed by atoms with Crippen molar-refractivity contribution in [2.75, 3.05) is 0 Å². The number of fused-ring (bicyclic) bond motifs is 1. The van der Waals surface area contributed by atoms with Gasteiger partial charge in [0, 0.05) is 14.6 Å². The third kappa shape index (κ3) is 2.17. The molecule has 0 amide bonds. The average molecular weight is 284 g/mol. The summed E-state index contributed by atoms with van der Waals surface area (Å²) in [5.41, 5.74) is 7.82. The van der Waals surface area contributed by atoms with E-state index in [1.165, 1.54) is 41.0 Å². The lowest BCUT2D eigenvalue weighted by molar-refractivity contribution is 0.696. The summed E-state index contributed by atoms with van der Waals surface area (Å²) in [6.07, 6.45) is 5.09. The number of rotatable bonds is 2. The van der Waals surface area contributed by atoms with Crippen molar-refractivity contribution < 1.29 is 0 Å². The van der Waals surface area contributed by atoms with E-state index in [0.717, 1.165) is 9.90 Å². The predicted molar refractivity (Wildman–Crippen MR) is 76.3 cm³/mol. The molecule has 2 N–H and O–H groups in total. The highest BCUT2D eigenvalue weighted by molar-refractivity contribution is 7.13. The van der Waals surface area contributed by atoms with Crippen LogP contribution >= 0.6 is 34.3 Å². The van der Waals surface area contributed by atoms with Gasteiger partial charge in [0.1, 0.15) is 0 Å². The second-order valence-corrected chi connectivity index (χ2v) is 6.94. The van der Waals surface area contributed by atoms with E-state index in [2.05, 4.69) is 6.07 Å². The van der Waals surface area contributed by atoms with Gasteiger partial charge in [-0.2, -0.15) is 0 Å². The molecule has 2 heterocycles. The fraction of sp³-hybridized carbons (Fsp3) is 0.385. The van der Waals surface area contributed by atoms with Crippen LogP contribution in [0.25, 0.3) is 0 Å². The van der Waals surface area contributed by atoms with Gasteiger partial charge in [0.25, 0.3) is 0 Å². The van der Waals surface area contributed by atoms with Gasteiger partial charge in [0.2, 0.25) is 0 Å². The highest BCUT2D eigenvalue weighted by atomic mass is 35.5. The first-order valence-electron chi connectivity index (χ1n) is 5.85. The molecule has 90 valence electrons. The Morgan fingerprint density at radius 2 is 2.12 bits per heavy atom. The maximum absolute atomic E-state index is 6.31. The quantitative estimate of drug-likeness (QED) is 0.869. The number of thiophene rings is 2. The molecule has 3 rings (SSSR count). The molecule has 1 aliphatic carbocycles. The Bertz CT molecular complexity index is 506. The van der Waals surface area contributed by atoms with Gasteiger partial charge in [0.05, 0.1) is 11.1 Å². The Labute approximate surface area is 114 Å². The van der Waals surface area contributed by atoms with Crippen molar-refractivity contribution in [2.24, 2.45) is 5.73 Å². The molecule has 1 nitrogen and oxygen atoms in total. The molecule has 0 fully saturated rings. The van der Waals surface area contributed by atoms with Crippen molar-refractivity contribution in [3.63, 3.8) is 0 Å². The Kier molecular flexibility index (Phi) is 3.26. The highest BCUT2D eigenvalue weighted by Gasteiger charge is 2.20. The molecule has 0 aliphatic heterocycles. The predicted octanol–water partition coefficient (Wildman–Crippen LogP) is 4.39. The SMILES string of the molecule is NC(c1cc2c(s1)CCCC2)c1sccc1Cl. The van der Waals surface area contributed by atoms with Gasteiger partial charge in [-0.15, -0.1) is 22.7 Å². The number of aryl methyl sites for hydroxylation is 2. The van der Waals surface area contributed by atoms with E-state index in [9.17, 15) is 0 Å². The third-order valence-corrected chi connectivity index (χ3v) is 6.01. The van der Waals surface area contributed by atoms with E-state index in [-0.39, 0.29) is 6.04 Å². The van der Waals surface area contributed by atoms with Crippen LogP contribution in [-0.2, 0) is 12.8 Å². The molecule has 4 heteroatoms. The van der Waals surface area contributed by atoms with E-state index in [0.29, 0.717) is 0 Å². The summed E-state index contributed by atoms with van der Waals surface area (Å²) in [6.45, 7) is 0. The molecule has 1 unspecified atom stereocenters. The van der Waals surface area contributed by atoms with Crippen LogP contribution in [0, 0.1) is 0 Å². The van der Waals surface area contributed by atoms with Crippen molar-refractivity contribution in [3.8, 4) is 0 Å². The average Bonchev–Trinajstić information content (AvgIpc) is 2.93. The van der Waals surface area contributed by atoms with Gasteiger partial charge in [-0.1, -0.05) is 11.6 Å². The van der Waals surface area contributed by atoms with Crippen LogP contribution in [0.1, 0.15) is 39.1 Å². The normalized spacial score (nSPS) is 16.8. The molecule has 1 aliphatic rings. The van der Waals surface area contributed by atoms with E-state index in [1.54, 1.807) is 11.3 Å². The van der Waals surface area contributed by atoms with Crippen LogP contribution in [0.3, 0.4) is 0 Å². The molecule has 2 aromatic rings. The van der Waals surface area contributed by atoms with Gasteiger partial charge in [-0.25, -0.2) is 0 Å². The van der Waals surface area contributed by atoms with Crippen LogP contribution in [0.15, 0.2) is 17.5 Å². The Balaban J connectivity index is 1.94. The zero-order valence-corrected chi connectivity index (χ0v) is 11.8. The summed E-state index contributed by atoms with van der Waals surface area (Å²) in [5.74, 6) is 0. The second kappa shape index (κ2) is 4.73. The fourth-order valence-electron chi connectivity index (χ4n) is 2.32. The first-order chi connectivity index (χ1) is 8.25. The summed E-state index contributed by atoms with van der Waals surface area (Å²) in [6, 6.07) is 4.17. The molecule has 0 saturated heterocycles. The maximum atomic E-state index is 6.31. The Morgan fingerprint density at radius 1 is 1.29 bits per heavy atom. The lowest BCUT2D eigenvalue weighted by Crippen LogP contribution is -2.08. The molecule has 0 bridgehead atoms. The zero-order valence-electron chi connectivity index (χ0n) is 9.41. The minimum atomic E-state index is -0.0434. The van der Waals surface area contributed by atoms with E-state index in [4.69, 9.17) is 17.3 Å². The van der Waals surface area contributed by atoms with Gasteiger partial charge in [-0.3, -0.25) is 0 Å². The van der Waals surface area contributed by atoms with E-state index >= 15 is 0 Å². The number of hydrogen-bond donors (Lipinski definition) is 1. The van der Waals surface area contributed by atoms with Crippen molar-refractivity contribution in [1.29, 1.82) is 0 Å². The van der Waals surface area contributed by atoms with E-state index in [1.807, 2.05) is 22.8 Å². The third-order valence-electron chi connectivity index (χ3n) is 3.25. The molecular formula is C13H14ClNS2. The van der Waals surface area contributed by atoms with Gasteiger partial charge in [0.15, 0.2) is 0 Å². The van der Waals surface area contributed by atoms with E-state index < -0.39 is 0 Å². The molecule has 17 heavy (non-hydrogen) atoms. The molecule has 0 saturated carbocycles. The number of hydrogen-bond acceptors (Lipinski definition) is 3. The summed E-state index contributed by atoms with van der Waals surface area (Å²) in [4.78, 5) is 3.89. The van der Waals surface area contributed by atoms with Crippen molar-refractivity contribution in [1.82, 2.24) is 0 Å². The Hall–Kier alpha value is -0.350. The standard InChI is InChI=1S/C13H14ClNS2/c14-9-5-6-16-13(9)12(15)11-7-8-3-1-2-4-10(8)17-11/h5-7,12H,1-4,15H2. The van der Waals surface area contributed by atoms with Crippen LogP contribution in [0.2, 0.25) is 5.02 Å². The summed E-state index contributed by atoms with van der Waals surface area (Å²) < 4.78 is 0. The van der Waals surface area contributed by atoms with Crippen molar-refractivity contribution in [2.45, 2.75) is 31.7 Å². The molecule has 1 atom stereocenters. The molecule has 0 radical (unpaired) electrons. The number of halogens is 1. The van der Waals surface area contributed by atoms with Crippen LogP contribution in [0.4, 0.5) is 0 Å². The number of nitrogens with two attached hydrogens (primary N) is 1. The van der Waals surface area contributed by atoms with Crippen LogP contribution in [0.5, 0.6) is 0 Å². The minimum absolute atomic E-state index is 0.0434. The first-order valence-corrected chi connectivity index (χ1v) is 7.93. The lowest BCUT2D eigenvalue weighted by atomic mass is 9.99. The monoisotopic (exact) mass is 283 g/mol.